The van der Waals surface area contributed by atoms with Gasteiger partial charge in [-0.3, -0.25) is 19.5 Å². The molecule has 0 aliphatic carbocycles. The predicted octanol–water partition coefficient (Wildman–Crippen LogP) is 4.82. The molecule has 1 aliphatic rings. The number of amides is 2. The third kappa shape index (κ3) is 5.72. The number of nitrogens with one attached hydrogen (secondary N) is 1. The van der Waals surface area contributed by atoms with E-state index in [1.807, 2.05) is 47.1 Å². The zero-order valence-corrected chi connectivity index (χ0v) is 24.1. The summed E-state index contributed by atoms with van der Waals surface area (Å²) in [6.45, 7) is 12.8. The summed E-state index contributed by atoms with van der Waals surface area (Å²) in [5.74, 6) is 1.26. The molecule has 202 valence electrons. The largest absolute Gasteiger partial charge is 0.496 e. The summed E-state index contributed by atoms with van der Waals surface area (Å²) < 4.78 is 7.65. The predicted molar refractivity (Wildman–Crippen MR) is 152 cm³/mol. The van der Waals surface area contributed by atoms with E-state index in [1.54, 1.807) is 30.0 Å². The number of anilines is 1. The number of thioether (sulfide) groups is 1. The van der Waals surface area contributed by atoms with Gasteiger partial charge in [0.05, 0.1) is 41.6 Å². The van der Waals surface area contributed by atoms with Gasteiger partial charge in [-0.2, -0.15) is 5.10 Å². The number of benzene rings is 1. The SMILES string of the molecule is COc1ccccc1C1SCC(=O)N(CC(=O)NCc2ccccn2)c2c1c(C(C)(C)C)nn2C(C)(C)C. The lowest BCUT2D eigenvalue weighted by molar-refractivity contribution is -0.123. The minimum atomic E-state index is -0.434. The topological polar surface area (TPSA) is 89.3 Å². The van der Waals surface area contributed by atoms with Crippen LogP contribution in [0, 0.1) is 0 Å². The van der Waals surface area contributed by atoms with E-state index < -0.39 is 5.54 Å². The van der Waals surface area contributed by atoms with E-state index in [-0.39, 0.29) is 34.8 Å². The van der Waals surface area contributed by atoms with Crippen molar-refractivity contribution >= 4 is 29.4 Å². The van der Waals surface area contributed by atoms with Crippen molar-refractivity contribution in [3.8, 4) is 5.75 Å². The summed E-state index contributed by atoms with van der Waals surface area (Å²) in [5.41, 5.74) is 2.85. The molecule has 2 amide bonds. The number of rotatable bonds is 6. The number of carbonyl (C=O) groups excluding carboxylic acids is 2. The van der Waals surface area contributed by atoms with Gasteiger partial charge >= 0.3 is 0 Å². The Labute approximate surface area is 229 Å². The average molecular weight is 536 g/mol. The molecule has 1 aromatic carbocycles. The molecule has 0 saturated carbocycles. The lowest BCUT2D eigenvalue weighted by atomic mass is 9.87. The van der Waals surface area contributed by atoms with Crippen molar-refractivity contribution in [2.45, 2.75) is 64.3 Å². The Kier molecular flexibility index (Phi) is 7.88. The number of hydrogen-bond donors (Lipinski definition) is 1. The molecule has 1 atom stereocenters. The molecule has 4 rings (SSSR count). The Balaban J connectivity index is 1.85. The van der Waals surface area contributed by atoms with Crippen LogP contribution >= 0.6 is 11.8 Å². The molecule has 0 spiro atoms. The third-order valence-corrected chi connectivity index (χ3v) is 7.59. The standard InChI is InChI=1S/C29H37N5O3S/c1-28(2,3)26-24-25(20-13-8-9-14-21(20)37-7)38-18-23(36)33(27(24)34(32-26)29(4,5)6)17-22(35)31-16-19-12-10-11-15-30-19/h8-15,25H,16-18H2,1-7H3,(H,31,35). The second-order valence-electron chi connectivity index (χ2n) is 11.4. The Hall–Kier alpha value is -3.33. The quantitative estimate of drug-likeness (QED) is 0.487. The van der Waals surface area contributed by atoms with E-state index in [0.717, 1.165) is 28.3 Å². The first-order valence-electron chi connectivity index (χ1n) is 12.8. The molecule has 1 unspecified atom stereocenters. The van der Waals surface area contributed by atoms with Crippen LogP contribution in [0.4, 0.5) is 5.82 Å². The van der Waals surface area contributed by atoms with Gasteiger partial charge in [0.15, 0.2) is 0 Å². The highest BCUT2D eigenvalue weighted by atomic mass is 32.2. The molecule has 1 aliphatic heterocycles. The Morgan fingerprint density at radius 3 is 2.45 bits per heavy atom. The number of methoxy groups -OCH3 is 1. The number of ether oxygens (including phenoxy) is 1. The van der Waals surface area contributed by atoms with Crippen LogP contribution in [0.5, 0.6) is 5.75 Å². The second kappa shape index (κ2) is 10.8. The molecule has 0 saturated heterocycles. The molecule has 38 heavy (non-hydrogen) atoms. The summed E-state index contributed by atoms with van der Waals surface area (Å²) in [6, 6.07) is 13.5. The number of carbonyl (C=O) groups is 2. The van der Waals surface area contributed by atoms with Crippen molar-refractivity contribution in [3.05, 3.63) is 71.2 Å². The van der Waals surface area contributed by atoms with Crippen LogP contribution in [-0.4, -0.2) is 46.0 Å². The molecule has 1 N–H and O–H groups in total. The van der Waals surface area contributed by atoms with Crippen LogP contribution < -0.4 is 15.0 Å². The molecule has 2 aromatic heterocycles. The first kappa shape index (κ1) is 27.7. The summed E-state index contributed by atoms with van der Waals surface area (Å²) in [6.07, 6.45) is 1.69. The van der Waals surface area contributed by atoms with Crippen LogP contribution in [0.1, 0.15) is 69.3 Å². The molecule has 9 heteroatoms. The smallest absolute Gasteiger partial charge is 0.240 e. The molecule has 3 heterocycles. The number of pyridine rings is 1. The van der Waals surface area contributed by atoms with Crippen molar-refractivity contribution < 1.29 is 14.3 Å². The minimum absolute atomic E-state index is 0.108. The summed E-state index contributed by atoms with van der Waals surface area (Å²) >= 11 is 1.55. The fourth-order valence-electron chi connectivity index (χ4n) is 4.56. The van der Waals surface area contributed by atoms with Gasteiger partial charge in [0, 0.05) is 22.7 Å². The molecule has 3 aromatic rings. The molecule has 8 nitrogen and oxygen atoms in total. The molecule has 0 bridgehead atoms. The first-order chi connectivity index (χ1) is 17.9. The monoisotopic (exact) mass is 535 g/mol. The van der Waals surface area contributed by atoms with E-state index in [2.05, 4.69) is 51.8 Å². The van der Waals surface area contributed by atoms with Gasteiger partial charge in [-0.05, 0) is 39.0 Å². The van der Waals surface area contributed by atoms with Crippen molar-refractivity contribution in [3.63, 3.8) is 0 Å². The number of para-hydroxylation sites is 1. The van der Waals surface area contributed by atoms with E-state index in [9.17, 15) is 9.59 Å². The Bertz CT molecular complexity index is 1310. The normalized spacial score (nSPS) is 16.1. The fraction of sp³-hybridized carbons (Fsp3) is 0.448. The van der Waals surface area contributed by atoms with Gasteiger partial charge in [-0.15, -0.1) is 11.8 Å². The van der Waals surface area contributed by atoms with Crippen LogP contribution in [0.15, 0.2) is 48.7 Å². The Morgan fingerprint density at radius 2 is 1.82 bits per heavy atom. The summed E-state index contributed by atoms with van der Waals surface area (Å²) in [4.78, 5) is 32.8. The maximum absolute atomic E-state index is 13.7. The zero-order valence-electron chi connectivity index (χ0n) is 23.2. The second-order valence-corrected chi connectivity index (χ2v) is 12.5. The van der Waals surface area contributed by atoms with Crippen LogP contribution in [0.3, 0.4) is 0 Å². The van der Waals surface area contributed by atoms with Crippen molar-refractivity contribution in [2.75, 3.05) is 24.3 Å². The molecule has 0 radical (unpaired) electrons. The van der Waals surface area contributed by atoms with E-state index >= 15 is 0 Å². The zero-order chi connectivity index (χ0) is 27.7. The van der Waals surface area contributed by atoms with Gasteiger partial charge in [-0.25, -0.2) is 4.68 Å². The number of nitrogens with zero attached hydrogens (tertiary/aromatic N) is 4. The molecular formula is C29H37N5O3S. The van der Waals surface area contributed by atoms with E-state index in [4.69, 9.17) is 9.84 Å². The summed E-state index contributed by atoms with van der Waals surface area (Å²) in [5, 5.41) is 7.85. The van der Waals surface area contributed by atoms with Crippen molar-refractivity contribution in [1.29, 1.82) is 0 Å². The van der Waals surface area contributed by atoms with E-state index in [0.29, 0.717) is 12.4 Å². The van der Waals surface area contributed by atoms with Crippen molar-refractivity contribution in [2.24, 2.45) is 0 Å². The maximum Gasteiger partial charge on any atom is 0.240 e. The van der Waals surface area contributed by atoms with Gasteiger partial charge in [0.2, 0.25) is 11.8 Å². The van der Waals surface area contributed by atoms with Crippen LogP contribution in [0.25, 0.3) is 0 Å². The van der Waals surface area contributed by atoms with Gasteiger partial charge in [0.1, 0.15) is 18.1 Å². The van der Waals surface area contributed by atoms with Crippen LogP contribution in [-0.2, 0) is 27.1 Å². The average Bonchev–Trinajstić information content (AvgIpc) is 3.23. The summed E-state index contributed by atoms with van der Waals surface area (Å²) in [7, 11) is 1.66. The van der Waals surface area contributed by atoms with E-state index in [1.165, 1.54) is 0 Å². The third-order valence-electron chi connectivity index (χ3n) is 6.35. The highest BCUT2D eigenvalue weighted by Gasteiger charge is 2.42. The first-order valence-corrected chi connectivity index (χ1v) is 13.8. The van der Waals surface area contributed by atoms with Gasteiger partial charge in [-0.1, -0.05) is 45.0 Å². The minimum Gasteiger partial charge on any atom is -0.496 e. The van der Waals surface area contributed by atoms with Gasteiger partial charge in [0.25, 0.3) is 0 Å². The highest BCUT2D eigenvalue weighted by Crippen LogP contribution is 2.50. The lowest BCUT2D eigenvalue weighted by Gasteiger charge is -2.29. The number of hydrogen-bond acceptors (Lipinski definition) is 6. The Morgan fingerprint density at radius 1 is 1.11 bits per heavy atom. The van der Waals surface area contributed by atoms with Crippen molar-refractivity contribution in [1.82, 2.24) is 20.1 Å². The lowest BCUT2D eigenvalue weighted by Crippen LogP contribution is -2.43. The fourth-order valence-corrected chi connectivity index (χ4v) is 5.78. The van der Waals surface area contributed by atoms with Crippen LogP contribution in [0.2, 0.25) is 0 Å². The van der Waals surface area contributed by atoms with Gasteiger partial charge < -0.3 is 10.1 Å². The number of aromatic nitrogens is 3. The molecular weight excluding hydrogens is 498 g/mol. The highest BCUT2D eigenvalue weighted by molar-refractivity contribution is 8.00. The molecule has 0 fully saturated rings. The number of fused-ring (bicyclic) bond motifs is 1. The maximum atomic E-state index is 13.7.